The highest BCUT2D eigenvalue weighted by Gasteiger charge is 2.16. The van der Waals surface area contributed by atoms with Gasteiger partial charge in [-0.15, -0.1) is 5.10 Å². The third kappa shape index (κ3) is 4.73. The first-order chi connectivity index (χ1) is 11.3. The van der Waals surface area contributed by atoms with Gasteiger partial charge in [-0.25, -0.2) is 9.18 Å². The number of anilines is 1. The number of nitrogens with zero attached hydrogens (tertiary/aromatic N) is 2. The SMILES string of the molecule is CC(C)(C)c1ccc(NC(=O)NCC(O)c2ccccc2F)nn1. The van der Waals surface area contributed by atoms with E-state index in [0.29, 0.717) is 5.82 Å². The van der Waals surface area contributed by atoms with Crippen LogP contribution in [0.5, 0.6) is 0 Å². The lowest BCUT2D eigenvalue weighted by atomic mass is 9.92. The minimum Gasteiger partial charge on any atom is -0.386 e. The van der Waals surface area contributed by atoms with E-state index in [9.17, 15) is 14.3 Å². The molecule has 1 heterocycles. The van der Waals surface area contributed by atoms with E-state index in [0.717, 1.165) is 5.69 Å². The standard InChI is InChI=1S/C17H21FN4O2/c1-17(2,3)14-8-9-15(22-21-14)20-16(24)19-10-13(23)11-6-4-5-7-12(11)18/h4-9,13,23H,10H2,1-3H3,(H2,19,20,22,24). The van der Waals surface area contributed by atoms with E-state index in [-0.39, 0.29) is 17.5 Å². The maximum absolute atomic E-state index is 13.5. The fourth-order valence-corrected chi connectivity index (χ4v) is 2.00. The van der Waals surface area contributed by atoms with E-state index in [4.69, 9.17) is 0 Å². The van der Waals surface area contributed by atoms with Gasteiger partial charge in [-0.2, -0.15) is 5.10 Å². The van der Waals surface area contributed by atoms with E-state index < -0.39 is 18.0 Å². The third-order valence-electron chi connectivity index (χ3n) is 3.39. The molecule has 0 bridgehead atoms. The Morgan fingerprint density at radius 1 is 1.21 bits per heavy atom. The Morgan fingerprint density at radius 2 is 1.92 bits per heavy atom. The molecule has 1 aromatic heterocycles. The van der Waals surface area contributed by atoms with Crippen LogP contribution in [-0.4, -0.2) is 27.9 Å². The molecule has 24 heavy (non-hydrogen) atoms. The molecule has 2 rings (SSSR count). The average Bonchev–Trinajstić information content (AvgIpc) is 2.53. The van der Waals surface area contributed by atoms with E-state index in [1.54, 1.807) is 18.2 Å². The molecule has 6 nitrogen and oxygen atoms in total. The highest BCUT2D eigenvalue weighted by Crippen LogP contribution is 2.19. The van der Waals surface area contributed by atoms with Gasteiger partial charge in [-0.1, -0.05) is 39.0 Å². The van der Waals surface area contributed by atoms with Crippen molar-refractivity contribution in [1.82, 2.24) is 15.5 Å². The average molecular weight is 332 g/mol. The molecule has 1 atom stereocenters. The van der Waals surface area contributed by atoms with Crippen LogP contribution in [0.3, 0.4) is 0 Å². The lowest BCUT2D eigenvalue weighted by Gasteiger charge is -2.17. The molecular weight excluding hydrogens is 311 g/mol. The molecule has 0 radical (unpaired) electrons. The molecule has 0 saturated heterocycles. The number of benzene rings is 1. The summed E-state index contributed by atoms with van der Waals surface area (Å²) in [6.45, 7) is 5.92. The number of urea groups is 1. The van der Waals surface area contributed by atoms with Crippen molar-refractivity contribution in [3.63, 3.8) is 0 Å². The van der Waals surface area contributed by atoms with Gasteiger partial charge in [0.05, 0.1) is 11.8 Å². The summed E-state index contributed by atoms with van der Waals surface area (Å²) in [5, 5.41) is 22.9. The predicted molar refractivity (Wildman–Crippen MR) is 89.1 cm³/mol. The summed E-state index contributed by atoms with van der Waals surface area (Å²) in [5.41, 5.74) is 0.813. The van der Waals surface area contributed by atoms with Crippen molar-refractivity contribution < 1.29 is 14.3 Å². The van der Waals surface area contributed by atoms with E-state index >= 15 is 0 Å². The minimum absolute atomic E-state index is 0.125. The summed E-state index contributed by atoms with van der Waals surface area (Å²) in [6, 6.07) is 8.77. The van der Waals surface area contributed by atoms with Crippen LogP contribution >= 0.6 is 0 Å². The van der Waals surface area contributed by atoms with Gasteiger partial charge in [0.15, 0.2) is 5.82 Å². The zero-order valence-electron chi connectivity index (χ0n) is 13.9. The maximum atomic E-state index is 13.5. The monoisotopic (exact) mass is 332 g/mol. The second-order valence-electron chi connectivity index (χ2n) is 6.43. The first kappa shape index (κ1) is 17.8. The number of amides is 2. The quantitative estimate of drug-likeness (QED) is 0.803. The molecule has 0 fully saturated rings. The Labute approximate surface area is 140 Å². The Kier molecular flexibility index (Phi) is 5.46. The van der Waals surface area contributed by atoms with Gasteiger partial charge in [0.1, 0.15) is 5.82 Å². The van der Waals surface area contributed by atoms with Crippen LogP contribution in [0.15, 0.2) is 36.4 Å². The van der Waals surface area contributed by atoms with Gasteiger partial charge in [0.25, 0.3) is 0 Å². The van der Waals surface area contributed by atoms with Crippen molar-refractivity contribution >= 4 is 11.8 Å². The first-order valence-corrected chi connectivity index (χ1v) is 7.59. The molecule has 1 aromatic carbocycles. The summed E-state index contributed by atoms with van der Waals surface area (Å²) < 4.78 is 13.5. The van der Waals surface area contributed by atoms with Crippen LogP contribution < -0.4 is 10.6 Å². The van der Waals surface area contributed by atoms with Crippen molar-refractivity contribution in [3.8, 4) is 0 Å². The molecule has 3 N–H and O–H groups in total. The summed E-state index contributed by atoms with van der Waals surface area (Å²) >= 11 is 0. The summed E-state index contributed by atoms with van der Waals surface area (Å²) in [4.78, 5) is 11.8. The lowest BCUT2D eigenvalue weighted by Crippen LogP contribution is -2.33. The third-order valence-corrected chi connectivity index (χ3v) is 3.39. The largest absolute Gasteiger partial charge is 0.386 e. The van der Waals surface area contributed by atoms with Crippen LogP contribution in [-0.2, 0) is 5.41 Å². The molecule has 0 aliphatic carbocycles. The number of carbonyl (C=O) groups is 1. The highest BCUT2D eigenvalue weighted by atomic mass is 19.1. The molecular formula is C17H21FN4O2. The van der Waals surface area contributed by atoms with Gasteiger partial charge in [-0.3, -0.25) is 5.32 Å². The molecule has 2 amide bonds. The number of aliphatic hydroxyl groups excluding tert-OH is 1. The van der Waals surface area contributed by atoms with E-state index in [2.05, 4.69) is 20.8 Å². The molecule has 7 heteroatoms. The molecule has 128 valence electrons. The van der Waals surface area contributed by atoms with E-state index in [1.165, 1.54) is 18.2 Å². The summed E-state index contributed by atoms with van der Waals surface area (Å²) in [7, 11) is 0. The predicted octanol–water partition coefficient (Wildman–Crippen LogP) is 2.77. The van der Waals surface area contributed by atoms with Gasteiger partial charge in [0, 0.05) is 17.5 Å². The summed E-state index contributed by atoms with van der Waals surface area (Å²) in [5.74, 6) is -0.225. The van der Waals surface area contributed by atoms with Crippen LogP contribution in [0.25, 0.3) is 0 Å². The van der Waals surface area contributed by atoms with Gasteiger partial charge in [0.2, 0.25) is 0 Å². The highest BCUT2D eigenvalue weighted by molar-refractivity contribution is 5.88. The van der Waals surface area contributed by atoms with Crippen LogP contribution in [0.4, 0.5) is 15.0 Å². The number of rotatable bonds is 4. The fraction of sp³-hybridized carbons (Fsp3) is 0.353. The number of aromatic nitrogens is 2. The number of aliphatic hydroxyl groups is 1. The topological polar surface area (TPSA) is 87.1 Å². The molecule has 0 spiro atoms. The lowest BCUT2D eigenvalue weighted by molar-refractivity contribution is 0.170. The van der Waals surface area contributed by atoms with Gasteiger partial charge >= 0.3 is 6.03 Å². The van der Waals surface area contributed by atoms with Gasteiger partial charge in [-0.05, 0) is 18.2 Å². The Balaban J connectivity index is 1.88. The van der Waals surface area contributed by atoms with Crippen molar-refractivity contribution in [2.45, 2.75) is 32.3 Å². The normalized spacial score (nSPS) is 12.5. The minimum atomic E-state index is -1.13. The number of hydrogen-bond acceptors (Lipinski definition) is 4. The van der Waals surface area contributed by atoms with Crippen molar-refractivity contribution in [1.29, 1.82) is 0 Å². The molecule has 0 aliphatic rings. The van der Waals surface area contributed by atoms with Crippen LogP contribution in [0, 0.1) is 5.82 Å². The Bertz CT molecular complexity index is 698. The molecule has 0 saturated carbocycles. The number of hydrogen-bond donors (Lipinski definition) is 3. The van der Waals surface area contributed by atoms with Crippen molar-refractivity contribution in [2.75, 3.05) is 11.9 Å². The zero-order chi connectivity index (χ0) is 17.7. The fourth-order valence-electron chi connectivity index (χ4n) is 2.00. The van der Waals surface area contributed by atoms with Crippen LogP contribution in [0.2, 0.25) is 0 Å². The number of nitrogens with one attached hydrogen (secondary N) is 2. The molecule has 1 unspecified atom stereocenters. The zero-order valence-corrected chi connectivity index (χ0v) is 13.9. The number of halogens is 1. The second kappa shape index (κ2) is 7.35. The Hall–Kier alpha value is -2.54. The Morgan fingerprint density at radius 3 is 2.50 bits per heavy atom. The molecule has 2 aromatic rings. The second-order valence-corrected chi connectivity index (χ2v) is 6.43. The number of carbonyl (C=O) groups excluding carboxylic acids is 1. The maximum Gasteiger partial charge on any atom is 0.320 e. The van der Waals surface area contributed by atoms with E-state index in [1.807, 2.05) is 20.8 Å². The van der Waals surface area contributed by atoms with Crippen molar-refractivity contribution in [3.05, 3.63) is 53.5 Å². The first-order valence-electron chi connectivity index (χ1n) is 7.59. The van der Waals surface area contributed by atoms with Gasteiger partial charge < -0.3 is 10.4 Å². The van der Waals surface area contributed by atoms with Crippen LogP contribution in [0.1, 0.15) is 38.1 Å². The smallest absolute Gasteiger partial charge is 0.320 e. The molecule has 0 aliphatic heterocycles. The van der Waals surface area contributed by atoms with Crippen molar-refractivity contribution in [2.24, 2.45) is 0 Å². The summed E-state index contributed by atoms with van der Waals surface area (Å²) in [6.07, 6.45) is -1.13.